The fraction of sp³-hybridized carbons (Fsp3) is 0. The van der Waals surface area contributed by atoms with Crippen molar-refractivity contribution in [1.29, 1.82) is 5.53 Å². The molecule has 0 aliphatic carbocycles. The summed E-state index contributed by atoms with van der Waals surface area (Å²) in [5.74, 6) is 5.30. The summed E-state index contributed by atoms with van der Waals surface area (Å²) in [5, 5.41) is 25.2. The molecule has 122 valence electrons. The maximum Gasteiger partial charge on any atom is 0.380 e. The highest BCUT2D eigenvalue weighted by atomic mass is 35.5. The van der Waals surface area contributed by atoms with E-state index in [0.717, 1.165) is 0 Å². The number of nitrogens with one attached hydrogen (secondary N) is 1. The second-order valence-corrected chi connectivity index (χ2v) is 5.74. The third kappa shape index (κ3) is 2.22. The summed E-state index contributed by atoms with van der Waals surface area (Å²) in [6, 6.07) is 6.83. The summed E-state index contributed by atoms with van der Waals surface area (Å²) in [6.07, 6.45) is 0. The van der Waals surface area contributed by atoms with E-state index < -0.39 is 6.03 Å². The summed E-state index contributed by atoms with van der Waals surface area (Å²) >= 11 is 12.2. The van der Waals surface area contributed by atoms with Crippen LogP contribution >= 0.6 is 23.2 Å². The number of nitrogens with zero attached hydrogens (tertiary/aromatic N) is 2. The first-order valence-corrected chi connectivity index (χ1v) is 7.34. The van der Waals surface area contributed by atoms with Crippen LogP contribution in [0, 0.1) is 5.53 Å². The average Bonchev–Trinajstić information content (AvgIpc) is 2.60. The molecule has 3 aromatic rings. The van der Waals surface area contributed by atoms with Crippen LogP contribution in [0.25, 0.3) is 21.5 Å². The summed E-state index contributed by atoms with van der Waals surface area (Å²) < 4.78 is 0. The maximum atomic E-state index is 11.7. The monoisotopic (exact) mass is 364 g/mol. The normalized spacial score (nSPS) is 11.0. The number of hydrazine groups is 1. The van der Waals surface area contributed by atoms with Gasteiger partial charge < -0.3 is 10.2 Å². The van der Waals surface area contributed by atoms with Crippen molar-refractivity contribution in [1.82, 2.24) is 0 Å². The molecule has 5 N–H and O–H groups in total. The molecule has 7 nitrogen and oxygen atoms in total. The average molecular weight is 365 g/mol. The zero-order chi connectivity index (χ0) is 17.6. The number of phenolic OH excluding ortho intramolecular Hbond substituents is 2. The van der Waals surface area contributed by atoms with Gasteiger partial charge in [-0.2, -0.15) is 5.53 Å². The molecular formula is C15H10Cl2N4O3. The molecule has 0 atom stereocenters. The Morgan fingerprint density at radius 2 is 1.71 bits per heavy atom. The van der Waals surface area contributed by atoms with Crippen LogP contribution in [-0.4, -0.2) is 16.2 Å². The van der Waals surface area contributed by atoms with Gasteiger partial charge in [0, 0.05) is 16.2 Å². The van der Waals surface area contributed by atoms with Crippen molar-refractivity contribution >= 4 is 56.5 Å². The van der Waals surface area contributed by atoms with Crippen molar-refractivity contribution in [3.05, 3.63) is 40.4 Å². The lowest BCUT2D eigenvalue weighted by Crippen LogP contribution is -2.35. The van der Waals surface area contributed by atoms with Crippen LogP contribution < -0.4 is 10.9 Å². The minimum atomic E-state index is -1.12. The summed E-state index contributed by atoms with van der Waals surface area (Å²) in [5.41, 5.74) is 6.66. The molecule has 0 fully saturated rings. The van der Waals surface area contributed by atoms with Gasteiger partial charge in [-0.1, -0.05) is 52.6 Å². The molecule has 0 unspecified atom stereocenters. The van der Waals surface area contributed by atoms with E-state index in [-0.39, 0.29) is 38.0 Å². The van der Waals surface area contributed by atoms with Crippen LogP contribution in [0.3, 0.4) is 0 Å². The molecule has 0 aromatic heterocycles. The van der Waals surface area contributed by atoms with Gasteiger partial charge in [0.1, 0.15) is 11.5 Å². The number of halogens is 2. The predicted octanol–water partition coefficient (Wildman–Crippen LogP) is 4.54. The smallest absolute Gasteiger partial charge is 0.380 e. The fourth-order valence-corrected chi connectivity index (χ4v) is 3.03. The maximum absolute atomic E-state index is 11.7. The van der Waals surface area contributed by atoms with Gasteiger partial charge in [-0.05, 0) is 6.07 Å². The Kier molecular flexibility index (Phi) is 3.92. The molecule has 24 heavy (non-hydrogen) atoms. The molecule has 0 aliphatic heterocycles. The van der Waals surface area contributed by atoms with E-state index in [1.54, 1.807) is 24.3 Å². The minimum absolute atomic E-state index is 0.0115. The van der Waals surface area contributed by atoms with Crippen molar-refractivity contribution in [2.75, 3.05) is 5.01 Å². The quantitative estimate of drug-likeness (QED) is 0.126. The molecule has 3 aromatic carbocycles. The molecule has 0 spiro atoms. The van der Waals surface area contributed by atoms with Gasteiger partial charge >= 0.3 is 6.03 Å². The summed E-state index contributed by atoms with van der Waals surface area (Å²) in [6.45, 7) is 0. The number of urea groups is 1. The van der Waals surface area contributed by atoms with Crippen LogP contribution in [0.4, 0.5) is 10.5 Å². The SMILES string of the molecule is N=NC(=O)N(N)c1c(Cl)c(Cl)cc2c(O)c3ccccc3c(O)c12. The van der Waals surface area contributed by atoms with Gasteiger partial charge in [0.2, 0.25) is 0 Å². The highest BCUT2D eigenvalue weighted by molar-refractivity contribution is 6.46. The molecule has 0 bridgehead atoms. The number of fused-ring (bicyclic) bond motifs is 2. The van der Waals surface area contributed by atoms with E-state index >= 15 is 0 Å². The Morgan fingerprint density at radius 1 is 1.12 bits per heavy atom. The van der Waals surface area contributed by atoms with Crippen molar-refractivity contribution in [3.63, 3.8) is 0 Å². The molecule has 0 saturated carbocycles. The van der Waals surface area contributed by atoms with Gasteiger partial charge in [0.15, 0.2) is 0 Å². The van der Waals surface area contributed by atoms with Crippen LogP contribution in [0.2, 0.25) is 10.0 Å². The second kappa shape index (κ2) is 5.79. The minimum Gasteiger partial charge on any atom is -0.507 e. The van der Waals surface area contributed by atoms with E-state index in [1.807, 2.05) is 0 Å². The molecule has 9 heteroatoms. The third-order valence-electron chi connectivity index (χ3n) is 3.67. The third-order valence-corrected chi connectivity index (χ3v) is 4.44. The molecule has 0 saturated heterocycles. The van der Waals surface area contributed by atoms with Crippen LogP contribution in [0.1, 0.15) is 0 Å². The standard InChI is InChI=1S/C15H10Cl2N4O3/c16-9-5-8-10(12(11(9)17)21(19)15(24)20-18)14(23)7-4-2-1-3-6(7)13(8)22/h1-5,18,22-23H,19H2. The number of rotatable bonds is 1. The van der Waals surface area contributed by atoms with Crippen molar-refractivity contribution in [2.45, 2.75) is 0 Å². The Bertz CT molecular complexity index is 1020. The summed E-state index contributed by atoms with van der Waals surface area (Å²) in [4.78, 5) is 11.7. The lowest BCUT2D eigenvalue weighted by molar-refractivity contribution is 0.252. The molecule has 3 rings (SSSR count). The van der Waals surface area contributed by atoms with Crippen LogP contribution in [-0.2, 0) is 0 Å². The van der Waals surface area contributed by atoms with Crippen LogP contribution in [0.5, 0.6) is 11.5 Å². The number of anilines is 1. The van der Waals surface area contributed by atoms with Gasteiger partial charge in [0.05, 0.1) is 21.1 Å². The number of carbonyl (C=O) groups is 1. The number of phenols is 2. The Hall–Kier alpha value is -2.61. The first-order chi connectivity index (χ1) is 11.4. The van der Waals surface area contributed by atoms with Crippen molar-refractivity contribution in [2.24, 2.45) is 11.0 Å². The van der Waals surface area contributed by atoms with E-state index in [2.05, 4.69) is 5.11 Å². The molecule has 0 heterocycles. The lowest BCUT2D eigenvalue weighted by atomic mass is 9.99. The van der Waals surface area contributed by atoms with E-state index in [0.29, 0.717) is 15.8 Å². The Labute approximate surface area is 145 Å². The molecule has 0 radical (unpaired) electrons. The molecule has 0 aliphatic rings. The zero-order valence-electron chi connectivity index (χ0n) is 11.9. The number of hydrogen-bond donors (Lipinski definition) is 4. The number of carbonyl (C=O) groups excluding carboxylic acids is 1. The fourth-order valence-electron chi connectivity index (χ4n) is 2.59. The van der Waals surface area contributed by atoms with Crippen molar-refractivity contribution < 1.29 is 15.0 Å². The first-order valence-electron chi connectivity index (χ1n) is 6.59. The Balaban J connectivity index is 2.58. The lowest BCUT2D eigenvalue weighted by Gasteiger charge is -2.20. The van der Waals surface area contributed by atoms with E-state index in [1.165, 1.54) is 6.07 Å². The summed E-state index contributed by atoms with van der Waals surface area (Å²) in [7, 11) is 0. The highest BCUT2D eigenvalue weighted by Gasteiger charge is 2.25. The topological polar surface area (TPSA) is 123 Å². The predicted molar refractivity (Wildman–Crippen MR) is 92.0 cm³/mol. The highest BCUT2D eigenvalue weighted by Crippen LogP contribution is 2.49. The van der Waals surface area contributed by atoms with Gasteiger partial charge in [0.25, 0.3) is 0 Å². The number of aromatic hydroxyl groups is 2. The number of hydrogen-bond acceptors (Lipinski definition) is 5. The van der Waals surface area contributed by atoms with Gasteiger partial charge in [-0.3, -0.25) is 0 Å². The largest absolute Gasteiger partial charge is 0.507 e. The van der Waals surface area contributed by atoms with Crippen molar-refractivity contribution in [3.8, 4) is 11.5 Å². The zero-order valence-corrected chi connectivity index (χ0v) is 13.4. The molecular weight excluding hydrogens is 355 g/mol. The second-order valence-electron chi connectivity index (χ2n) is 4.95. The molecule has 2 amide bonds. The number of benzene rings is 3. The number of amides is 2. The van der Waals surface area contributed by atoms with Crippen LogP contribution in [0.15, 0.2) is 35.4 Å². The van der Waals surface area contributed by atoms with Gasteiger partial charge in [-0.25, -0.2) is 15.6 Å². The van der Waals surface area contributed by atoms with E-state index in [4.69, 9.17) is 34.6 Å². The van der Waals surface area contributed by atoms with Gasteiger partial charge in [-0.15, -0.1) is 0 Å². The Morgan fingerprint density at radius 3 is 2.29 bits per heavy atom. The first kappa shape index (κ1) is 16.3. The van der Waals surface area contributed by atoms with E-state index in [9.17, 15) is 15.0 Å². The number of nitrogens with two attached hydrogens (primary N) is 1.